The van der Waals surface area contributed by atoms with Gasteiger partial charge < -0.3 is 14.6 Å². The first-order valence-corrected chi connectivity index (χ1v) is 7.10. The molecule has 20 heavy (non-hydrogen) atoms. The molecule has 5 heteroatoms. The number of likely N-dealkylation sites (tertiary alicyclic amines) is 1. The maximum Gasteiger partial charge on any atom is 0.304 e. The molecule has 0 radical (unpaired) electrons. The van der Waals surface area contributed by atoms with Crippen LogP contribution in [0.4, 0.5) is 0 Å². The molecule has 2 aliphatic heterocycles. The number of benzene rings is 1. The molecule has 5 nitrogen and oxygen atoms in total. The minimum absolute atomic E-state index is 0.183. The summed E-state index contributed by atoms with van der Waals surface area (Å²) in [6, 6.07) is 6.22. The molecule has 0 aromatic heterocycles. The first-order chi connectivity index (χ1) is 9.75. The monoisotopic (exact) mass is 277 g/mol. The van der Waals surface area contributed by atoms with Crippen LogP contribution in [0, 0.1) is 0 Å². The van der Waals surface area contributed by atoms with Gasteiger partial charge in [-0.3, -0.25) is 9.69 Å². The van der Waals surface area contributed by atoms with Gasteiger partial charge in [0.2, 0.25) is 0 Å². The van der Waals surface area contributed by atoms with E-state index < -0.39 is 5.97 Å². The van der Waals surface area contributed by atoms with Crippen molar-refractivity contribution >= 4 is 5.97 Å². The number of hydrogen-bond acceptors (Lipinski definition) is 4. The molecular weight excluding hydrogens is 258 g/mol. The molecule has 3 rings (SSSR count). The van der Waals surface area contributed by atoms with E-state index in [0.29, 0.717) is 19.8 Å². The Balaban J connectivity index is 1.82. The van der Waals surface area contributed by atoms with Crippen LogP contribution in [-0.2, 0) is 4.79 Å². The molecule has 1 atom stereocenters. The fraction of sp³-hybridized carbons (Fsp3) is 0.533. The number of aliphatic carboxylic acids is 1. The highest BCUT2D eigenvalue weighted by molar-refractivity contribution is 5.66. The zero-order valence-corrected chi connectivity index (χ0v) is 11.4. The van der Waals surface area contributed by atoms with E-state index in [1.165, 1.54) is 0 Å². The average Bonchev–Trinajstić information content (AvgIpc) is 2.92. The van der Waals surface area contributed by atoms with E-state index in [-0.39, 0.29) is 12.5 Å². The Kier molecular flexibility index (Phi) is 3.78. The molecule has 0 aliphatic carbocycles. The van der Waals surface area contributed by atoms with Crippen molar-refractivity contribution in [2.45, 2.75) is 25.3 Å². The fourth-order valence-electron chi connectivity index (χ4n) is 3.04. The van der Waals surface area contributed by atoms with Gasteiger partial charge in [0.15, 0.2) is 11.5 Å². The molecule has 0 bridgehead atoms. The lowest BCUT2D eigenvalue weighted by Crippen LogP contribution is -2.27. The van der Waals surface area contributed by atoms with E-state index >= 15 is 0 Å². The minimum Gasteiger partial charge on any atom is -0.486 e. The van der Waals surface area contributed by atoms with Crippen molar-refractivity contribution in [3.8, 4) is 11.5 Å². The number of hydrogen-bond donors (Lipinski definition) is 1. The average molecular weight is 277 g/mol. The Labute approximate surface area is 118 Å². The van der Waals surface area contributed by atoms with Crippen molar-refractivity contribution in [1.29, 1.82) is 0 Å². The minimum atomic E-state index is -0.745. The van der Waals surface area contributed by atoms with E-state index in [4.69, 9.17) is 14.6 Å². The molecule has 0 unspecified atom stereocenters. The van der Waals surface area contributed by atoms with Crippen LogP contribution in [0.25, 0.3) is 0 Å². The number of carboxylic acid groups (broad SMARTS) is 1. The second-order valence-corrected chi connectivity index (χ2v) is 5.21. The van der Waals surface area contributed by atoms with E-state index in [1.54, 1.807) is 0 Å². The van der Waals surface area contributed by atoms with Crippen molar-refractivity contribution in [2.24, 2.45) is 0 Å². The van der Waals surface area contributed by atoms with Crippen LogP contribution in [0.1, 0.15) is 30.9 Å². The largest absolute Gasteiger partial charge is 0.486 e. The smallest absolute Gasteiger partial charge is 0.304 e. The summed E-state index contributed by atoms with van der Waals surface area (Å²) in [5.41, 5.74) is 1.13. The summed E-state index contributed by atoms with van der Waals surface area (Å²) in [5, 5.41) is 8.85. The van der Waals surface area contributed by atoms with E-state index in [2.05, 4.69) is 11.0 Å². The van der Waals surface area contributed by atoms with Gasteiger partial charge in [-0.2, -0.15) is 0 Å². The second kappa shape index (κ2) is 5.71. The van der Waals surface area contributed by atoms with Gasteiger partial charge in [0.05, 0.1) is 6.42 Å². The Hall–Kier alpha value is -1.75. The van der Waals surface area contributed by atoms with Crippen molar-refractivity contribution in [3.05, 3.63) is 23.8 Å². The molecule has 1 aromatic carbocycles. The molecule has 0 saturated carbocycles. The van der Waals surface area contributed by atoms with Gasteiger partial charge in [-0.25, -0.2) is 0 Å². The zero-order chi connectivity index (χ0) is 13.9. The molecule has 1 aromatic rings. The van der Waals surface area contributed by atoms with Crippen LogP contribution in [0.15, 0.2) is 18.2 Å². The number of carbonyl (C=O) groups is 1. The SMILES string of the molecule is O=C(O)CCN1CCC[C@H]1c1cccc2c1OCCO2. The molecule has 2 aliphatic rings. The van der Waals surface area contributed by atoms with Crippen LogP contribution in [-0.4, -0.2) is 42.3 Å². The van der Waals surface area contributed by atoms with Crippen LogP contribution in [0.5, 0.6) is 11.5 Å². The molecule has 0 amide bonds. The van der Waals surface area contributed by atoms with Gasteiger partial charge in [-0.15, -0.1) is 0 Å². The lowest BCUT2D eigenvalue weighted by atomic mass is 10.0. The van der Waals surface area contributed by atoms with E-state index in [9.17, 15) is 4.79 Å². The summed E-state index contributed by atoms with van der Waals surface area (Å²) >= 11 is 0. The fourth-order valence-corrected chi connectivity index (χ4v) is 3.04. The maximum absolute atomic E-state index is 10.8. The number of nitrogens with zero attached hydrogens (tertiary/aromatic N) is 1. The Morgan fingerprint density at radius 3 is 3.05 bits per heavy atom. The van der Waals surface area contributed by atoms with Crippen molar-refractivity contribution < 1.29 is 19.4 Å². The van der Waals surface area contributed by atoms with Gasteiger partial charge in [0.1, 0.15) is 13.2 Å². The standard InChI is InChI=1S/C15H19NO4/c17-14(18)6-8-16-7-2-4-12(16)11-3-1-5-13-15(11)20-10-9-19-13/h1,3,5,12H,2,4,6-10H2,(H,17,18)/t12-/m0/s1. The van der Waals surface area contributed by atoms with Crippen LogP contribution in [0.3, 0.4) is 0 Å². The maximum atomic E-state index is 10.8. The molecule has 2 heterocycles. The Morgan fingerprint density at radius 2 is 2.20 bits per heavy atom. The zero-order valence-electron chi connectivity index (χ0n) is 11.4. The van der Waals surface area contributed by atoms with Crippen molar-refractivity contribution in [3.63, 3.8) is 0 Å². The Morgan fingerprint density at radius 1 is 1.35 bits per heavy atom. The summed E-state index contributed by atoms with van der Waals surface area (Å²) in [7, 11) is 0. The van der Waals surface area contributed by atoms with Gasteiger partial charge in [-0.05, 0) is 25.5 Å². The van der Waals surface area contributed by atoms with Crippen LogP contribution >= 0.6 is 0 Å². The quantitative estimate of drug-likeness (QED) is 0.913. The number of rotatable bonds is 4. The molecule has 1 N–H and O–H groups in total. The van der Waals surface area contributed by atoms with Gasteiger partial charge >= 0.3 is 5.97 Å². The van der Waals surface area contributed by atoms with Crippen molar-refractivity contribution in [1.82, 2.24) is 4.90 Å². The summed E-state index contributed by atoms with van der Waals surface area (Å²) in [5.74, 6) is 0.898. The van der Waals surface area contributed by atoms with Crippen LogP contribution < -0.4 is 9.47 Å². The Bertz CT molecular complexity index is 503. The van der Waals surface area contributed by atoms with E-state index in [0.717, 1.165) is 36.4 Å². The predicted molar refractivity (Wildman–Crippen MR) is 73.2 cm³/mol. The summed E-state index contributed by atoms with van der Waals surface area (Å²) in [6.45, 7) is 2.70. The normalized spacial score (nSPS) is 21.9. The van der Waals surface area contributed by atoms with Gasteiger partial charge in [0.25, 0.3) is 0 Å². The number of ether oxygens (including phenoxy) is 2. The highest BCUT2D eigenvalue weighted by Gasteiger charge is 2.30. The third-order valence-corrected chi connectivity index (χ3v) is 3.93. The molecule has 1 fully saturated rings. The first kappa shape index (κ1) is 13.2. The highest BCUT2D eigenvalue weighted by Crippen LogP contribution is 2.42. The molecule has 0 spiro atoms. The number of fused-ring (bicyclic) bond motifs is 1. The summed E-state index contributed by atoms with van der Waals surface area (Å²) in [4.78, 5) is 13.0. The lowest BCUT2D eigenvalue weighted by Gasteiger charge is -2.28. The molecular formula is C15H19NO4. The third-order valence-electron chi connectivity index (χ3n) is 3.93. The molecule has 108 valence electrons. The molecule has 1 saturated heterocycles. The van der Waals surface area contributed by atoms with Gasteiger partial charge in [0, 0.05) is 18.2 Å². The lowest BCUT2D eigenvalue weighted by molar-refractivity contribution is -0.137. The number of para-hydroxylation sites is 1. The van der Waals surface area contributed by atoms with Gasteiger partial charge in [-0.1, -0.05) is 12.1 Å². The second-order valence-electron chi connectivity index (χ2n) is 5.21. The summed E-state index contributed by atoms with van der Waals surface area (Å²) in [6.07, 6.45) is 2.32. The van der Waals surface area contributed by atoms with Crippen LogP contribution in [0.2, 0.25) is 0 Å². The van der Waals surface area contributed by atoms with Crippen molar-refractivity contribution in [2.75, 3.05) is 26.3 Å². The summed E-state index contributed by atoms with van der Waals surface area (Å²) < 4.78 is 11.4. The predicted octanol–water partition coefficient (Wildman–Crippen LogP) is 2.07. The van der Waals surface area contributed by atoms with E-state index in [1.807, 2.05) is 12.1 Å². The topological polar surface area (TPSA) is 59.0 Å². The number of carboxylic acids is 1. The first-order valence-electron chi connectivity index (χ1n) is 7.10. The highest BCUT2D eigenvalue weighted by atomic mass is 16.6. The third kappa shape index (κ3) is 2.58.